The number of ether oxygens (including phenoxy) is 3. The highest BCUT2D eigenvalue weighted by atomic mass is 16.5. The van der Waals surface area contributed by atoms with Crippen LogP contribution in [0.15, 0.2) is 60.7 Å². The molecule has 0 aliphatic carbocycles. The molecular weight excluding hydrogens is 424 g/mol. The first kappa shape index (κ1) is 27.0. The molecule has 0 fully saturated rings. The van der Waals surface area contributed by atoms with Crippen LogP contribution in [0.25, 0.3) is 0 Å². The molecule has 0 saturated heterocycles. The van der Waals surface area contributed by atoms with Crippen molar-refractivity contribution >= 4 is 5.78 Å². The van der Waals surface area contributed by atoms with Crippen molar-refractivity contribution in [1.29, 1.82) is 0 Å². The summed E-state index contributed by atoms with van der Waals surface area (Å²) in [6.07, 6.45) is 0. The first-order valence-corrected chi connectivity index (χ1v) is 11.8. The Morgan fingerprint density at radius 1 is 0.824 bits per heavy atom. The number of methoxy groups -OCH3 is 1. The standard InChI is InChI=1S/C28H32O4.C2H6/c1-19-9-7-10-22(27(19)28(3,4)5)17-31-24-11-8-12-25(16-24)32-18-23-15-21(20(2)29)13-14-26(23)30-6;1-2/h7-16H,17-18H2,1-6H3;1-2H3. The fourth-order valence-corrected chi connectivity index (χ4v) is 4.01. The lowest BCUT2D eigenvalue weighted by Gasteiger charge is -2.25. The second kappa shape index (κ2) is 12.3. The van der Waals surface area contributed by atoms with Gasteiger partial charge < -0.3 is 14.2 Å². The summed E-state index contributed by atoms with van der Waals surface area (Å²) in [6.45, 7) is 15.2. The minimum Gasteiger partial charge on any atom is -0.496 e. The fourth-order valence-electron chi connectivity index (χ4n) is 4.01. The molecule has 0 aliphatic rings. The Kier molecular flexibility index (Phi) is 9.73. The van der Waals surface area contributed by atoms with Crippen LogP contribution in [0.3, 0.4) is 0 Å². The van der Waals surface area contributed by atoms with Crippen LogP contribution >= 0.6 is 0 Å². The second-order valence-corrected chi connectivity index (χ2v) is 8.99. The number of hydrogen-bond acceptors (Lipinski definition) is 4. The smallest absolute Gasteiger partial charge is 0.159 e. The van der Waals surface area contributed by atoms with E-state index in [4.69, 9.17) is 14.2 Å². The normalized spacial score (nSPS) is 10.7. The van der Waals surface area contributed by atoms with Crippen molar-refractivity contribution in [2.24, 2.45) is 0 Å². The fraction of sp³-hybridized carbons (Fsp3) is 0.367. The Labute approximate surface area is 204 Å². The molecule has 4 nitrogen and oxygen atoms in total. The third-order valence-electron chi connectivity index (χ3n) is 5.39. The quantitative estimate of drug-likeness (QED) is 0.322. The number of ketones is 1. The summed E-state index contributed by atoms with van der Waals surface area (Å²) in [5, 5.41) is 0. The maximum atomic E-state index is 11.7. The predicted octanol–water partition coefficient (Wildman–Crippen LogP) is 7.69. The average Bonchev–Trinajstić information content (AvgIpc) is 2.82. The molecule has 0 saturated carbocycles. The molecule has 0 heterocycles. The van der Waals surface area contributed by atoms with Crippen molar-refractivity contribution in [3.05, 3.63) is 88.5 Å². The highest BCUT2D eigenvalue weighted by Gasteiger charge is 2.20. The maximum absolute atomic E-state index is 11.7. The third kappa shape index (κ3) is 7.11. The monoisotopic (exact) mass is 462 g/mol. The van der Waals surface area contributed by atoms with Crippen LogP contribution in [-0.4, -0.2) is 12.9 Å². The van der Waals surface area contributed by atoms with Crippen molar-refractivity contribution in [2.75, 3.05) is 7.11 Å². The van der Waals surface area contributed by atoms with Gasteiger partial charge in [-0.25, -0.2) is 0 Å². The molecule has 0 N–H and O–H groups in total. The molecule has 0 amide bonds. The minimum atomic E-state index is 0.00933. The number of Topliss-reactive ketones (excluding diaryl/α,β-unsaturated/α-hetero) is 1. The molecule has 0 spiro atoms. The van der Waals surface area contributed by atoms with Gasteiger partial charge in [0.05, 0.1) is 7.11 Å². The van der Waals surface area contributed by atoms with Gasteiger partial charge in [-0.15, -0.1) is 0 Å². The van der Waals surface area contributed by atoms with Crippen molar-refractivity contribution in [2.45, 2.75) is 67.1 Å². The van der Waals surface area contributed by atoms with E-state index in [-0.39, 0.29) is 11.2 Å². The van der Waals surface area contributed by atoms with Gasteiger partial charge in [0.15, 0.2) is 5.78 Å². The lowest BCUT2D eigenvalue weighted by Crippen LogP contribution is -2.17. The van der Waals surface area contributed by atoms with E-state index in [1.54, 1.807) is 26.2 Å². The van der Waals surface area contributed by atoms with Gasteiger partial charge in [-0.2, -0.15) is 0 Å². The molecule has 0 bridgehead atoms. The summed E-state index contributed by atoms with van der Waals surface area (Å²) >= 11 is 0. The van der Waals surface area contributed by atoms with E-state index in [2.05, 4.69) is 45.9 Å². The molecule has 3 rings (SSSR count). The maximum Gasteiger partial charge on any atom is 0.159 e. The molecule has 0 aliphatic heterocycles. The van der Waals surface area contributed by atoms with Crippen LogP contribution < -0.4 is 14.2 Å². The molecule has 0 unspecified atom stereocenters. The van der Waals surface area contributed by atoms with Crippen LogP contribution in [0.4, 0.5) is 0 Å². The summed E-state index contributed by atoms with van der Waals surface area (Å²) in [5.41, 5.74) is 5.29. The highest BCUT2D eigenvalue weighted by molar-refractivity contribution is 5.94. The van der Waals surface area contributed by atoms with Gasteiger partial charge in [-0.1, -0.05) is 58.9 Å². The Morgan fingerprint density at radius 3 is 1.97 bits per heavy atom. The second-order valence-electron chi connectivity index (χ2n) is 8.99. The summed E-state index contributed by atoms with van der Waals surface area (Å²) in [6, 6.07) is 19.3. The van der Waals surface area contributed by atoms with E-state index in [1.165, 1.54) is 16.7 Å². The summed E-state index contributed by atoms with van der Waals surface area (Å²) < 4.78 is 17.5. The number of aryl methyl sites for hydroxylation is 1. The van der Waals surface area contributed by atoms with E-state index in [9.17, 15) is 4.79 Å². The first-order valence-electron chi connectivity index (χ1n) is 11.8. The van der Waals surface area contributed by atoms with Crippen LogP contribution in [0.1, 0.15) is 74.2 Å². The lowest BCUT2D eigenvalue weighted by atomic mass is 9.81. The Morgan fingerprint density at radius 2 is 1.41 bits per heavy atom. The molecule has 3 aromatic rings. The van der Waals surface area contributed by atoms with Gasteiger partial charge in [0.2, 0.25) is 0 Å². The SMILES string of the molecule is CC.COc1ccc(C(C)=O)cc1COc1cccc(OCc2cccc(C)c2C(C)(C)C)c1. The number of rotatable bonds is 8. The van der Waals surface area contributed by atoms with Gasteiger partial charge in [-0.05, 0) is 66.3 Å². The number of hydrogen-bond donors (Lipinski definition) is 0. The molecule has 34 heavy (non-hydrogen) atoms. The molecule has 182 valence electrons. The average molecular weight is 463 g/mol. The molecular formula is C30H38O4. The number of carbonyl (C=O) groups excluding carboxylic acids is 1. The molecule has 0 atom stereocenters. The number of carbonyl (C=O) groups is 1. The van der Waals surface area contributed by atoms with E-state index in [0.717, 1.165) is 11.3 Å². The Balaban J connectivity index is 0.00000199. The van der Waals surface area contributed by atoms with Crippen molar-refractivity contribution in [3.8, 4) is 17.2 Å². The largest absolute Gasteiger partial charge is 0.496 e. The van der Waals surface area contributed by atoms with E-state index >= 15 is 0 Å². The van der Waals surface area contributed by atoms with E-state index in [0.29, 0.717) is 30.3 Å². The van der Waals surface area contributed by atoms with Crippen LogP contribution in [0.5, 0.6) is 17.2 Å². The molecule has 4 heteroatoms. The van der Waals surface area contributed by atoms with Crippen molar-refractivity contribution in [1.82, 2.24) is 0 Å². The van der Waals surface area contributed by atoms with Gasteiger partial charge >= 0.3 is 0 Å². The topological polar surface area (TPSA) is 44.8 Å². The molecule has 0 radical (unpaired) electrons. The zero-order chi connectivity index (χ0) is 25.3. The van der Waals surface area contributed by atoms with Crippen LogP contribution in [0, 0.1) is 6.92 Å². The Bertz CT molecular complexity index is 1090. The molecule has 0 aromatic heterocycles. The first-order chi connectivity index (χ1) is 16.2. The number of benzene rings is 3. The predicted molar refractivity (Wildman–Crippen MR) is 139 cm³/mol. The lowest BCUT2D eigenvalue weighted by molar-refractivity contribution is 0.101. The van der Waals surface area contributed by atoms with Crippen LogP contribution in [-0.2, 0) is 18.6 Å². The van der Waals surface area contributed by atoms with Crippen molar-refractivity contribution in [3.63, 3.8) is 0 Å². The highest BCUT2D eigenvalue weighted by Crippen LogP contribution is 2.30. The molecule has 3 aromatic carbocycles. The van der Waals surface area contributed by atoms with Crippen molar-refractivity contribution < 1.29 is 19.0 Å². The van der Waals surface area contributed by atoms with Gasteiger partial charge in [0.25, 0.3) is 0 Å². The van der Waals surface area contributed by atoms with Gasteiger partial charge in [0, 0.05) is 17.2 Å². The summed E-state index contributed by atoms with van der Waals surface area (Å²) in [7, 11) is 1.61. The van der Waals surface area contributed by atoms with Gasteiger partial charge in [0.1, 0.15) is 30.5 Å². The Hall–Kier alpha value is -3.27. The minimum absolute atomic E-state index is 0.00933. The third-order valence-corrected chi connectivity index (χ3v) is 5.39. The zero-order valence-corrected chi connectivity index (χ0v) is 21.8. The van der Waals surface area contributed by atoms with E-state index < -0.39 is 0 Å². The van der Waals surface area contributed by atoms with Gasteiger partial charge in [-0.3, -0.25) is 4.79 Å². The van der Waals surface area contributed by atoms with E-state index in [1.807, 2.05) is 44.2 Å². The summed E-state index contributed by atoms with van der Waals surface area (Å²) in [4.78, 5) is 11.7. The summed E-state index contributed by atoms with van der Waals surface area (Å²) in [5.74, 6) is 2.14. The van der Waals surface area contributed by atoms with Crippen LogP contribution in [0.2, 0.25) is 0 Å². The zero-order valence-electron chi connectivity index (χ0n) is 21.8.